The number of anilines is 2. The maximum Gasteiger partial charge on any atom is 0.410 e. The lowest BCUT2D eigenvalue weighted by molar-refractivity contribution is -0.173. The van der Waals surface area contributed by atoms with E-state index in [1.807, 2.05) is 0 Å². The first-order valence-corrected chi connectivity index (χ1v) is 9.63. The van der Waals surface area contributed by atoms with Gasteiger partial charge in [-0.15, -0.1) is 0 Å². The minimum Gasteiger partial charge on any atom is -0.496 e. The lowest BCUT2D eigenvalue weighted by Crippen LogP contribution is -2.36. The van der Waals surface area contributed by atoms with Crippen LogP contribution in [-0.2, 0) is 0 Å². The van der Waals surface area contributed by atoms with Gasteiger partial charge in [-0.3, -0.25) is 4.79 Å². The van der Waals surface area contributed by atoms with Gasteiger partial charge in [0.05, 0.1) is 25.0 Å². The van der Waals surface area contributed by atoms with Crippen molar-refractivity contribution in [2.45, 2.75) is 24.7 Å². The number of fused-ring (bicyclic) bond motifs is 1. The van der Waals surface area contributed by atoms with Crippen LogP contribution in [0.1, 0.15) is 34.4 Å². The van der Waals surface area contributed by atoms with Crippen LogP contribution in [0.25, 0.3) is 0 Å². The number of para-hydroxylation sites is 1. The second-order valence-electron chi connectivity index (χ2n) is 6.88. The van der Waals surface area contributed by atoms with Gasteiger partial charge in [0, 0.05) is 18.2 Å². The molecule has 1 aromatic carbocycles. The number of amides is 1. The Morgan fingerprint density at radius 3 is 2.77 bits per heavy atom. The van der Waals surface area contributed by atoms with Crippen molar-refractivity contribution in [3.8, 4) is 5.75 Å². The molecular formula is C20H17ClF3N5O2. The van der Waals surface area contributed by atoms with E-state index in [9.17, 15) is 18.0 Å². The molecule has 0 saturated heterocycles. The molecule has 0 radical (unpaired) electrons. The Kier molecular flexibility index (Phi) is 5.48. The van der Waals surface area contributed by atoms with Crippen LogP contribution < -0.4 is 15.4 Å². The van der Waals surface area contributed by atoms with Gasteiger partial charge in [-0.25, -0.2) is 9.67 Å². The normalized spacial score (nSPS) is 18.1. The minimum absolute atomic E-state index is 0.0398. The molecule has 31 heavy (non-hydrogen) atoms. The van der Waals surface area contributed by atoms with Gasteiger partial charge in [0.1, 0.15) is 17.1 Å². The highest BCUT2D eigenvalue weighted by Crippen LogP contribution is 2.45. The second kappa shape index (κ2) is 8.10. The lowest BCUT2D eigenvalue weighted by atomic mass is 9.95. The Labute approximate surface area is 180 Å². The van der Waals surface area contributed by atoms with Crippen molar-refractivity contribution >= 4 is 29.0 Å². The quantitative estimate of drug-likeness (QED) is 0.554. The number of carbonyl (C=O) groups is 1. The van der Waals surface area contributed by atoms with Gasteiger partial charge in [0.25, 0.3) is 5.91 Å². The molecule has 1 aliphatic heterocycles. The van der Waals surface area contributed by atoms with Crippen LogP contribution >= 0.6 is 11.6 Å². The highest BCUT2D eigenvalue weighted by molar-refractivity contribution is 6.32. The summed E-state index contributed by atoms with van der Waals surface area (Å²) in [5.74, 6) is -0.255. The number of carbonyl (C=O) groups excluding carboxylic acids is 1. The Balaban J connectivity index is 1.73. The Hall–Kier alpha value is -3.27. The minimum atomic E-state index is -4.57. The van der Waals surface area contributed by atoms with Crippen molar-refractivity contribution in [2.75, 3.05) is 17.7 Å². The van der Waals surface area contributed by atoms with Gasteiger partial charge >= 0.3 is 6.18 Å². The van der Waals surface area contributed by atoms with Gasteiger partial charge in [-0.1, -0.05) is 29.8 Å². The smallest absolute Gasteiger partial charge is 0.410 e. The molecule has 11 heteroatoms. The van der Waals surface area contributed by atoms with E-state index in [-0.39, 0.29) is 28.6 Å². The number of nitrogens with one attached hydrogen (secondary N) is 2. The van der Waals surface area contributed by atoms with Crippen molar-refractivity contribution in [1.82, 2.24) is 14.8 Å². The van der Waals surface area contributed by atoms with E-state index >= 15 is 0 Å². The molecule has 2 unspecified atom stereocenters. The first-order chi connectivity index (χ1) is 14.8. The zero-order chi connectivity index (χ0) is 22.2. The summed E-state index contributed by atoms with van der Waals surface area (Å²) >= 11 is 5.97. The number of nitrogens with zero attached hydrogens (tertiary/aromatic N) is 3. The number of aromatic nitrogens is 3. The average molecular weight is 452 g/mol. The van der Waals surface area contributed by atoms with Gasteiger partial charge in [-0.2, -0.15) is 18.3 Å². The fraction of sp³-hybridized carbons (Fsp3) is 0.250. The van der Waals surface area contributed by atoms with Gasteiger partial charge < -0.3 is 15.4 Å². The van der Waals surface area contributed by atoms with Gasteiger partial charge in [0.2, 0.25) is 0 Å². The monoisotopic (exact) mass is 451 g/mol. The predicted octanol–water partition coefficient (Wildman–Crippen LogP) is 4.85. The molecule has 3 heterocycles. The van der Waals surface area contributed by atoms with Crippen LogP contribution in [-0.4, -0.2) is 34.0 Å². The van der Waals surface area contributed by atoms with Crippen LogP contribution in [0.4, 0.5) is 24.7 Å². The molecule has 1 aliphatic rings. The van der Waals surface area contributed by atoms with E-state index in [0.29, 0.717) is 11.3 Å². The number of benzene rings is 1. The summed E-state index contributed by atoms with van der Waals surface area (Å²) in [7, 11) is 1.45. The molecule has 0 fully saturated rings. The summed E-state index contributed by atoms with van der Waals surface area (Å²) < 4.78 is 47.7. The summed E-state index contributed by atoms with van der Waals surface area (Å²) in [6, 6.07) is 7.24. The molecule has 0 saturated carbocycles. The molecule has 7 nitrogen and oxygen atoms in total. The third-order valence-corrected chi connectivity index (χ3v) is 5.31. The molecule has 0 spiro atoms. The maximum atomic E-state index is 13.9. The number of rotatable bonds is 4. The van der Waals surface area contributed by atoms with Crippen molar-refractivity contribution in [3.63, 3.8) is 0 Å². The molecule has 4 rings (SSSR count). The molecule has 2 atom stereocenters. The van der Waals surface area contributed by atoms with Crippen LogP contribution in [0.15, 0.2) is 48.8 Å². The summed E-state index contributed by atoms with van der Waals surface area (Å²) in [4.78, 5) is 16.7. The fourth-order valence-corrected chi connectivity index (χ4v) is 3.72. The molecule has 2 aromatic heterocycles. The second-order valence-corrected chi connectivity index (χ2v) is 7.24. The molecule has 2 N–H and O–H groups in total. The summed E-state index contributed by atoms with van der Waals surface area (Å²) in [5, 5.41) is 9.51. The molecule has 0 bridgehead atoms. The Morgan fingerprint density at radius 1 is 1.29 bits per heavy atom. The third kappa shape index (κ3) is 4.02. The SMILES string of the molecule is COc1ccccc1C1CC(C(F)(F)F)n2ncc(C(=O)Nc3cccnc3Cl)c2N1. The number of alkyl halides is 3. The number of methoxy groups -OCH3 is 1. The van der Waals surface area contributed by atoms with E-state index in [1.54, 1.807) is 30.3 Å². The fourth-order valence-electron chi connectivity index (χ4n) is 3.56. The molecular weight excluding hydrogens is 435 g/mol. The van der Waals surface area contributed by atoms with Crippen LogP contribution in [0.2, 0.25) is 5.15 Å². The largest absolute Gasteiger partial charge is 0.496 e. The maximum absolute atomic E-state index is 13.9. The van der Waals surface area contributed by atoms with Crippen LogP contribution in [0.3, 0.4) is 0 Å². The lowest BCUT2D eigenvalue weighted by Gasteiger charge is -2.34. The zero-order valence-corrected chi connectivity index (χ0v) is 16.9. The number of hydrogen-bond donors (Lipinski definition) is 2. The predicted molar refractivity (Wildman–Crippen MR) is 108 cm³/mol. The summed E-state index contributed by atoms with van der Waals surface area (Å²) in [6.45, 7) is 0. The highest BCUT2D eigenvalue weighted by atomic mass is 35.5. The molecule has 1 amide bonds. The number of ether oxygens (including phenoxy) is 1. The van der Waals surface area contributed by atoms with Crippen molar-refractivity contribution in [3.05, 3.63) is 65.1 Å². The molecule has 3 aromatic rings. The average Bonchev–Trinajstić information content (AvgIpc) is 3.18. The van der Waals surface area contributed by atoms with Gasteiger partial charge in [-0.05, 0) is 18.2 Å². The Bertz CT molecular complexity index is 1120. The summed E-state index contributed by atoms with van der Waals surface area (Å²) in [6.07, 6.45) is -2.32. The number of halogens is 4. The summed E-state index contributed by atoms with van der Waals surface area (Å²) in [5.41, 5.74) is 0.737. The standard InChI is InChI=1S/C20H17ClF3N5O2/c1-31-15-7-3-2-5-11(15)14-9-16(20(22,23)24)29-18(27-14)12(10-26-29)19(30)28-13-6-4-8-25-17(13)21/h2-8,10,14,16,27H,9H2,1H3,(H,28,30). The Morgan fingerprint density at radius 2 is 2.06 bits per heavy atom. The van der Waals surface area contributed by atoms with E-state index < -0.39 is 24.2 Å². The highest BCUT2D eigenvalue weighted by Gasteiger charge is 2.47. The first-order valence-electron chi connectivity index (χ1n) is 9.25. The van der Waals surface area contributed by atoms with Crippen LogP contribution in [0, 0.1) is 0 Å². The molecule has 162 valence electrons. The van der Waals surface area contributed by atoms with Crippen LogP contribution in [0.5, 0.6) is 5.75 Å². The van der Waals surface area contributed by atoms with E-state index in [1.165, 1.54) is 19.4 Å². The molecule has 0 aliphatic carbocycles. The zero-order valence-electron chi connectivity index (χ0n) is 16.2. The van der Waals surface area contributed by atoms with Crippen molar-refractivity contribution in [2.24, 2.45) is 0 Å². The third-order valence-electron chi connectivity index (χ3n) is 5.00. The van der Waals surface area contributed by atoms with Crippen molar-refractivity contribution < 1.29 is 22.7 Å². The van der Waals surface area contributed by atoms with E-state index in [4.69, 9.17) is 16.3 Å². The van der Waals surface area contributed by atoms with E-state index in [2.05, 4.69) is 20.7 Å². The topological polar surface area (TPSA) is 81.1 Å². The van der Waals surface area contributed by atoms with Gasteiger partial charge in [0.15, 0.2) is 11.2 Å². The number of pyridine rings is 1. The first kappa shape index (κ1) is 21.0. The van der Waals surface area contributed by atoms with Crippen molar-refractivity contribution in [1.29, 1.82) is 0 Å². The van der Waals surface area contributed by atoms with E-state index in [0.717, 1.165) is 10.9 Å². The number of hydrogen-bond acceptors (Lipinski definition) is 5.